The Hall–Kier alpha value is -2.58. The molecule has 0 radical (unpaired) electrons. The fourth-order valence-corrected chi connectivity index (χ4v) is 7.57. The molecule has 0 amide bonds. The maximum Gasteiger partial charge on any atom is 0.303 e. The van der Waals surface area contributed by atoms with Crippen molar-refractivity contribution in [2.75, 3.05) is 6.61 Å². The molecule has 3 aliphatic carbocycles. The topological polar surface area (TPSA) is 206 Å². The van der Waals surface area contributed by atoms with E-state index in [0.717, 1.165) is 27.7 Å². The molecule has 2 fully saturated rings. The van der Waals surface area contributed by atoms with Crippen LogP contribution in [0.25, 0.3) is 0 Å². The van der Waals surface area contributed by atoms with Crippen LogP contribution in [0, 0.1) is 16.7 Å². The number of hydrogen-bond acceptors (Lipinski definition) is 13. The van der Waals surface area contributed by atoms with E-state index in [1.54, 1.807) is 20.8 Å². The minimum atomic E-state index is -2.54. The zero-order chi connectivity index (χ0) is 31.5. The van der Waals surface area contributed by atoms with E-state index in [-0.39, 0.29) is 12.0 Å². The molecule has 5 N–H and O–H groups in total. The van der Waals surface area contributed by atoms with E-state index in [0.29, 0.717) is 5.57 Å². The van der Waals surface area contributed by atoms with Crippen molar-refractivity contribution in [1.29, 1.82) is 0 Å². The van der Waals surface area contributed by atoms with Gasteiger partial charge in [-0.2, -0.15) is 0 Å². The van der Waals surface area contributed by atoms with Crippen molar-refractivity contribution >= 4 is 23.9 Å². The van der Waals surface area contributed by atoms with Crippen LogP contribution in [-0.4, -0.2) is 104 Å². The van der Waals surface area contributed by atoms with Gasteiger partial charge in [-0.15, -0.1) is 0 Å². The summed E-state index contributed by atoms with van der Waals surface area (Å²) < 4.78 is 22.7. The number of hydrogen-bond donors (Lipinski definition) is 5. The summed E-state index contributed by atoms with van der Waals surface area (Å²) in [4.78, 5) is 49.5. The first-order chi connectivity index (χ1) is 18.7. The van der Waals surface area contributed by atoms with Gasteiger partial charge < -0.3 is 44.5 Å². The fourth-order valence-electron chi connectivity index (χ4n) is 7.57. The monoisotopic (exact) mass is 586 g/mol. The number of aliphatic hydroxyl groups is 5. The Morgan fingerprint density at radius 2 is 1.37 bits per heavy atom. The molecule has 0 aliphatic heterocycles. The maximum absolute atomic E-state index is 12.6. The molecule has 13 nitrogen and oxygen atoms in total. The molecule has 0 aromatic carbocycles. The van der Waals surface area contributed by atoms with Crippen molar-refractivity contribution in [2.45, 2.75) is 116 Å². The average molecular weight is 587 g/mol. The smallest absolute Gasteiger partial charge is 0.303 e. The van der Waals surface area contributed by atoms with Crippen LogP contribution in [0.3, 0.4) is 0 Å². The molecule has 0 saturated heterocycles. The molecular weight excluding hydrogens is 544 g/mol. The molecule has 13 heteroatoms. The second kappa shape index (κ2) is 10.9. The van der Waals surface area contributed by atoms with Gasteiger partial charge in [0.05, 0.1) is 24.2 Å². The highest BCUT2D eigenvalue weighted by molar-refractivity contribution is 5.69. The Kier molecular flexibility index (Phi) is 8.77. The van der Waals surface area contributed by atoms with Gasteiger partial charge in [0.2, 0.25) is 0 Å². The predicted molar refractivity (Wildman–Crippen MR) is 139 cm³/mol. The molecule has 41 heavy (non-hydrogen) atoms. The molecule has 2 bridgehead atoms. The second-order valence-electron chi connectivity index (χ2n) is 12.3. The molecule has 2 saturated carbocycles. The summed E-state index contributed by atoms with van der Waals surface area (Å²) in [6, 6.07) is 0. The summed E-state index contributed by atoms with van der Waals surface area (Å²) in [5.41, 5.74) is -7.67. The molecule has 0 heterocycles. The highest BCUT2D eigenvalue weighted by Crippen LogP contribution is 2.63. The van der Waals surface area contributed by atoms with E-state index >= 15 is 0 Å². The van der Waals surface area contributed by atoms with E-state index in [2.05, 4.69) is 0 Å². The Morgan fingerprint density at radius 3 is 1.83 bits per heavy atom. The Bertz CT molecular complexity index is 1130. The molecule has 0 aromatic heterocycles. The summed E-state index contributed by atoms with van der Waals surface area (Å²) in [5, 5.41) is 58.1. The highest BCUT2D eigenvalue weighted by atomic mass is 16.6. The van der Waals surface area contributed by atoms with Crippen LogP contribution < -0.4 is 0 Å². The van der Waals surface area contributed by atoms with Crippen LogP contribution in [0.2, 0.25) is 0 Å². The van der Waals surface area contributed by atoms with Crippen LogP contribution in [0.1, 0.15) is 68.2 Å². The molecule has 10 atom stereocenters. The van der Waals surface area contributed by atoms with E-state index in [1.165, 1.54) is 6.92 Å². The fraction of sp³-hybridized carbons (Fsp3) is 0.786. The number of carbonyl (C=O) groups is 4. The largest absolute Gasteiger partial charge is 0.462 e. The van der Waals surface area contributed by atoms with Crippen LogP contribution in [0.15, 0.2) is 11.1 Å². The quantitative estimate of drug-likeness (QED) is 0.159. The second-order valence-corrected chi connectivity index (χ2v) is 12.3. The molecule has 3 aliphatic rings. The lowest BCUT2D eigenvalue weighted by atomic mass is 9.45. The van der Waals surface area contributed by atoms with Gasteiger partial charge >= 0.3 is 23.9 Å². The number of esters is 4. The van der Waals surface area contributed by atoms with Crippen LogP contribution in [0.4, 0.5) is 0 Å². The summed E-state index contributed by atoms with van der Waals surface area (Å²) >= 11 is 0. The van der Waals surface area contributed by atoms with Gasteiger partial charge in [0.1, 0.15) is 23.4 Å². The number of fused-ring (bicyclic) bond motifs is 3. The van der Waals surface area contributed by atoms with E-state index in [1.807, 2.05) is 0 Å². The number of rotatable bonds is 5. The average Bonchev–Trinajstić information content (AvgIpc) is 2.82. The van der Waals surface area contributed by atoms with Gasteiger partial charge in [-0.25, -0.2) is 0 Å². The normalized spacial score (nSPS) is 41.7. The van der Waals surface area contributed by atoms with Gasteiger partial charge in [0.25, 0.3) is 0 Å². The molecule has 3 rings (SSSR count). The van der Waals surface area contributed by atoms with Crippen molar-refractivity contribution in [3.05, 3.63) is 11.1 Å². The van der Waals surface area contributed by atoms with Gasteiger partial charge in [0.15, 0.2) is 12.2 Å². The lowest BCUT2D eigenvalue weighted by Crippen LogP contribution is -2.78. The van der Waals surface area contributed by atoms with E-state index < -0.39 is 101 Å². The third kappa shape index (κ3) is 5.05. The summed E-state index contributed by atoms with van der Waals surface area (Å²) in [6.45, 7) is 9.42. The third-order valence-electron chi connectivity index (χ3n) is 9.51. The Morgan fingerprint density at radius 1 is 0.854 bits per heavy atom. The zero-order valence-corrected chi connectivity index (χ0v) is 24.7. The first kappa shape index (κ1) is 32.9. The predicted octanol–water partition coefficient (Wildman–Crippen LogP) is -0.324. The number of carbonyl (C=O) groups excluding carboxylic acids is 4. The van der Waals surface area contributed by atoms with Crippen molar-refractivity contribution in [2.24, 2.45) is 16.7 Å². The molecule has 6 unspecified atom stereocenters. The van der Waals surface area contributed by atoms with Crippen LogP contribution >= 0.6 is 0 Å². The van der Waals surface area contributed by atoms with Gasteiger partial charge in [-0.3, -0.25) is 19.2 Å². The summed E-state index contributed by atoms with van der Waals surface area (Å²) in [7, 11) is 0. The first-order valence-corrected chi connectivity index (χ1v) is 13.5. The van der Waals surface area contributed by atoms with Crippen molar-refractivity contribution in [3.63, 3.8) is 0 Å². The van der Waals surface area contributed by atoms with Crippen LogP contribution in [0.5, 0.6) is 0 Å². The number of aliphatic hydroxyl groups excluding tert-OH is 3. The van der Waals surface area contributed by atoms with Crippen molar-refractivity contribution in [3.8, 4) is 0 Å². The number of ether oxygens (including phenoxy) is 4. The van der Waals surface area contributed by atoms with Gasteiger partial charge in [0, 0.05) is 51.9 Å². The SMILES string of the molecule is CC(=O)OC1C[C@@]2(O)C(O)[C@H]3[C@@](C)(C(OC(C)=O)CC(O)[C@@]3(O)CO)C(OC(C)=O)C(OC(C)=O)C(=C1C)C2(C)C. The molecule has 232 valence electrons. The zero-order valence-electron chi connectivity index (χ0n) is 24.7. The Balaban J connectivity index is 2.56. The van der Waals surface area contributed by atoms with Crippen molar-refractivity contribution in [1.82, 2.24) is 0 Å². The Labute approximate surface area is 238 Å². The standard InChI is InChI=1S/C28H42O13/c1-12-17(38-13(2)30)10-28(37)23(35)22-26(8,19(39-14(3)31)9-18(34)27(22,36)11-29)24(41-16(5)33)21(40-15(4)32)20(12)25(28,6)7/h17-19,21-24,29,34-37H,9-11H2,1-8H3/t17?,18?,19?,21?,22-,23?,24?,26+,27-,28+/m0/s1. The summed E-state index contributed by atoms with van der Waals surface area (Å²) in [5.74, 6) is -4.95. The minimum Gasteiger partial charge on any atom is -0.462 e. The molecule has 0 aromatic rings. The van der Waals surface area contributed by atoms with Gasteiger partial charge in [-0.1, -0.05) is 20.8 Å². The maximum atomic E-state index is 12.6. The van der Waals surface area contributed by atoms with E-state index in [4.69, 9.17) is 18.9 Å². The van der Waals surface area contributed by atoms with Crippen LogP contribution in [-0.2, 0) is 38.1 Å². The molecule has 0 spiro atoms. The highest BCUT2D eigenvalue weighted by Gasteiger charge is 2.74. The van der Waals surface area contributed by atoms with E-state index in [9.17, 15) is 44.7 Å². The van der Waals surface area contributed by atoms with Gasteiger partial charge in [-0.05, 0) is 18.1 Å². The third-order valence-corrected chi connectivity index (χ3v) is 9.51. The lowest BCUT2D eigenvalue weighted by molar-refractivity contribution is -0.316. The minimum absolute atomic E-state index is 0.179. The first-order valence-electron chi connectivity index (χ1n) is 13.5. The lowest BCUT2D eigenvalue weighted by Gasteiger charge is -2.66. The molecular formula is C28H42O13. The van der Waals surface area contributed by atoms with Crippen molar-refractivity contribution < 1.29 is 63.7 Å². The summed E-state index contributed by atoms with van der Waals surface area (Å²) in [6.07, 6.45) is -10.3.